The van der Waals surface area contributed by atoms with Crippen LogP contribution in [0.15, 0.2) is 44.9 Å². The number of rotatable bonds is 6. The van der Waals surface area contributed by atoms with Gasteiger partial charge in [0.1, 0.15) is 6.04 Å². The van der Waals surface area contributed by atoms with Gasteiger partial charge in [-0.05, 0) is 50.5 Å². The molecule has 0 saturated heterocycles. The Morgan fingerprint density at radius 1 is 1.39 bits per heavy atom. The average Bonchev–Trinajstić information content (AvgIpc) is 3.12. The van der Waals surface area contributed by atoms with Gasteiger partial charge in [-0.2, -0.15) is 0 Å². The van der Waals surface area contributed by atoms with Crippen molar-refractivity contribution in [3.8, 4) is 0 Å². The molecule has 1 aromatic rings. The molecule has 2 aliphatic heterocycles. The summed E-state index contributed by atoms with van der Waals surface area (Å²) in [5, 5.41) is 7.80. The summed E-state index contributed by atoms with van der Waals surface area (Å²) in [6.45, 7) is 5.52. The molecule has 6 nitrogen and oxygen atoms in total. The van der Waals surface area contributed by atoms with Crippen molar-refractivity contribution in [3.63, 3.8) is 0 Å². The van der Waals surface area contributed by atoms with E-state index < -0.39 is 0 Å². The second kappa shape index (κ2) is 7.75. The second-order valence-corrected chi connectivity index (χ2v) is 9.20. The predicted octanol–water partition coefficient (Wildman–Crippen LogP) is 3.94. The number of carbonyl (C=O) groups excluding carboxylic acids is 2. The summed E-state index contributed by atoms with van der Waals surface area (Å²) in [6.07, 6.45) is 2.17. The lowest BCUT2D eigenvalue weighted by Gasteiger charge is -2.35. The van der Waals surface area contributed by atoms with Gasteiger partial charge in [-0.1, -0.05) is 17.8 Å². The maximum Gasteiger partial charge on any atom is 0.338 e. The van der Waals surface area contributed by atoms with Crippen LogP contribution in [-0.2, 0) is 14.3 Å². The van der Waals surface area contributed by atoms with Gasteiger partial charge in [-0.15, -0.1) is 11.3 Å². The highest BCUT2D eigenvalue weighted by atomic mass is 32.2. The normalized spacial score (nSPS) is 21.4. The molecule has 4 rings (SSSR count). The topological polar surface area (TPSA) is 71.0 Å². The molecule has 8 heteroatoms. The number of thiophene rings is 1. The molecule has 1 N–H and O–H groups in total. The molecule has 1 aromatic heterocycles. The van der Waals surface area contributed by atoms with E-state index >= 15 is 0 Å². The van der Waals surface area contributed by atoms with E-state index in [0.29, 0.717) is 17.3 Å². The quantitative estimate of drug-likeness (QED) is 0.710. The molecule has 1 saturated carbocycles. The van der Waals surface area contributed by atoms with Crippen LogP contribution in [0.5, 0.6) is 0 Å². The van der Waals surface area contributed by atoms with Crippen LogP contribution in [0, 0.1) is 0 Å². The molecule has 1 fully saturated rings. The Balaban J connectivity index is 1.67. The lowest BCUT2D eigenvalue weighted by molar-refractivity contribution is -0.143. The van der Waals surface area contributed by atoms with E-state index in [0.717, 1.165) is 28.6 Å². The van der Waals surface area contributed by atoms with Crippen molar-refractivity contribution in [3.05, 3.63) is 44.8 Å². The number of esters is 1. The van der Waals surface area contributed by atoms with Crippen LogP contribution in [-0.4, -0.2) is 34.1 Å². The molecule has 1 atom stereocenters. The first-order valence-corrected chi connectivity index (χ1v) is 11.2. The highest BCUT2D eigenvalue weighted by Crippen LogP contribution is 2.46. The van der Waals surface area contributed by atoms with Crippen LogP contribution in [0.2, 0.25) is 0 Å². The lowest BCUT2D eigenvalue weighted by Crippen LogP contribution is -2.38. The fourth-order valence-electron chi connectivity index (χ4n) is 3.30. The monoisotopic (exact) mass is 417 g/mol. The molecular formula is C20H23N3O3S2. The van der Waals surface area contributed by atoms with Gasteiger partial charge >= 0.3 is 5.97 Å². The highest BCUT2D eigenvalue weighted by Gasteiger charge is 2.42. The minimum atomic E-state index is -0.354. The van der Waals surface area contributed by atoms with E-state index in [-0.39, 0.29) is 30.4 Å². The van der Waals surface area contributed by atoms with Gasteiger partial charge in [0.15, 0.2) is 5.17 Å². The van der Waals surface area contributed by atoms with Crippen LogP contribution in [0.4, 0.5) is 0 Å². The summed E-state index contributed by atoms with van der Waals surface area (Å²) in [5.41, 5.74) is 2.07. The SMILES string of the molecule is CC1=C(C(=O)OC(C)C)[C@@H](c2cccs2)N2C(CC(=O)NC3CC3)=CSC2=N1. The zero-order valence-electron chi connectivity index (χ0n) is 16.1. The van der Waals surface area contributed by atoms with Gasteiger partial charge in [0.2, 0.25) is 5.91 Å². The molecule has 0 aromatic carbocycles. The Hall–Kier alpha value is -2.06. The van der Waals surface area contributed by atoms with E-state index in [1.165, 1.54) is 11.8 Å². The van der Waals surface area contributed by atoms with E-state index in [2.05, 4.69) is 10.3 Å². The summed E-state index contributed by atoms with van der Waals surface area (Å²) in [7, 11) is 0. The van der Waals surface area contributed by atoms with Gasteiger partial charge in [-0.25, -0.2) is 9.79 Å². The van der Waals surface area contributed by atoms with Crippen molar-refractivity contribution in [2.24, 2.45) is 4.99 Å². The maximum absolute atomic E-state index is 12.9. The molecule has 28 heavy (non-hydrogen) atoms. The van der Waals surface area contributed by atoms with Crippen molar-refractivity contribution in [2.45, 2.75) is 58.2 Å². The number of allylic oxidation sites excluding steroid dienone is 1. The first-order chi connectivity index (χ1) is 13.4. The minimum absolute atomic E-state index is 0.0121. The lowest BCUT2D eigenvalue weighted by atomic mass is 9.99. The van der Waals surface area contributed by atoms with Crippen molar-refractivity contribution < 1.29 is 14.3 Å². The summed E-state index contributed by atoms with van der Waals surface area (Å²) in [6, 6.07) is 3.98. The third-order valence-corrected chi connectivity index (χ3v) is 6.47. The van der Waals surface area contributed by atoms with E-state index in [1.54, 1.807) is 11.3 Å². The number of aliphatic imine (C=N–C) groups is 1. The van der Waals surface area contributed by atoms with E-state index in [4.69, 9.17) is 4.74 Å². The van der Waals surface area contributed by atoms with Crippen molar-refractivity contribution in [1.82, 2.24) is 10.2 Å². The second-order valence-electron chi connectivity index (χ2n) is 7.38. The zero-order valence-corrected chi connectivity index (χ0v) is 17.7. The first kappa shape index (κ1) is 19.3. The summed E-state index contributed by atoms with van der Waals surface area (Å²) in [5.74, 6) is -0.342. The third kappa shape index (κ3) is 3.89. The van der Waals surface area contributed by atoms with Gasteiger partial charge in [0.05, 0.1) is 23.8 Å². The summed E-state index contributed by atoms with van der Waals surface area (Å²) >= 11 is 3.08. The number of hydrogen-bond acceptors (Lipinski definition) is 7. The number of fused-ring (bicyclic) bond motifs is 1. The van der Waals surface area contributed by atoms with Gasteiger partial charge in [0, 0.05) is 16.6 Å². The molecule has 3 aliphatic rings. The molecule has 148 valence electrons. The number of carbonyl (C=O) groups is 2. The van der Waals surface area contributed by atoms with Crippen LogP contribution in [0.1, 0.15) is 51.0 Å². The fourth-order valence-corrected chi connectivity index (χ4v) is 5.08. The maximum atomic E-state index is 12.9. The molecule has 0 bridgehead atoms. The fraction of sp³-hybridized carbons (Fsp3) is 0.450. The van der Waals surface area contributed by atoms with E-state index in [1.807, 2.05) is 48.6 Å². The molecule has 3 heterocycles. The Morgan fingerprint density at radius 3 is 2.82 bits per heavy atom. The number of amidine groups is 1. The van der Waals surface area contributed by atoms with Crippen LogP contribution >= 0.6 is 23.1 Å². The van der Waals surface area contributed by atoms with Crippen LogP contribution < -0.4 is 5.32 Å². The third-order valence-electron chi connectivity index (χ3n) is 4.66. The average molecular weight is 418 g/mol. The molecular weight excluding hydrogens is 394 g/mol. The van der Waals surface area contributed by atoms with Gasteiger partial charge < -0.3 is 15.0 Å². The number of amides is 1. The Morgan fingerprint density at radius 2 is 2.18 bits per heavy atom. The molecule has 0 radical (unpaired) electrons. The molecule has 1 amide bonds. The van der Waals surface area contributed by atoms with Crippen molar-refractivity contribution in [2.75, 3.05) is 0 Å². The van der Waals surface area contributed by atoms with Crippen LogP contribution in [0.25, 0.3) is 0 Å². The Labute approximate surface area is 172 Å². The standard InChI is InChI=1S/C20H23N3O3S2/c1-11(2)26-19(25)17-12(3)21-20-23(18(17)15-5-4-8-27-15)14(10-28-20)9-16(24)22-13-6-7-13/h4-5,8,10-11,13,18H,6-7,9H2,1-3H3,(H,22,24)/t18-/m1/s1. The van der Waals surface area contributed by atoms with Gasteiger partial charge in [0.25, 0.3) is 0 Å². The molecule has 0 unspecified atom stereocenters. The number of nitrogens with zero attached hydrogens (tertiary/aromatic N) is 2. The number of thioether (sulfide) groups is 1. The number of ether oxygens (including phenoxy) is 1. The molecule has 0 spiro atoms. The largest absolute Gasteiger partial charge is 0.459 e. The Bertz CT molecular complexity index is 883. The Kier molecular flexibility index (Phi) is 5.33. The predicted molar refractivity (Wildman–Crippen MR) is 112 cm³/mol. The highest BCUT2D eigenvalue weighted by molar-refractivity contribution is 8.16. The van der Waals surface area contributed by atoms with Gasteiger partial charge in [-0.3, -0.25) is 4.79 Å². The smallest absolute Gasteiger partial charge is 0.338 e. The number of nitrogens with one attached hydrogen (secondary N) is 1. The first-order valence-electron chi connectivity index (χ1n) is 9.42. The van der Waals surface area contributed by atoms with Crippen molar-refractivity contribution in [1.29, 1.82) is 0 Å². The van der Waals surface area contributed by atoms with Crippen molar-refractivity contribution >= 4 is 40.1 Å². The van der Waals surface area contributed by atoms with E-state index in [9.17, 15) is 9.59 Å². The summed E-state index contributed by atoms with van der Waals surface area (Å²) < 4.78 is 5.52. The number of hydrogen-bond donors (Lipinski definition) is 1. The summed E-state index contributed by atoms with van der Waals surface area (Å²) in [4.78, 5) is 33.0. The molecule has 1 aliphatic carbocycles. The van der Waals surface area contributed by atoms with Crippen LogP contribution in [0.3, 0.4) is 0 Å². The zero-order chi connectivity index (χ0) is 19.8. The minimum Gasteiger partial charge on any atom is -0.459 e.